The highest BCUT2D eigenvalue weighted by atomic mass is 16.5. The second-order valence-corrected chi connectivity index (χ2v) is 7.23. The number of rotatable bonds is 4. The van der Waals surface area contributed by atoms with Crippen molar-refractivity contribution in [3.63, 3.8) is 0 Å². The first-order valence-corrected chi connectivity index (χ1v) is 9.02. The van der Waals surface area contributed by atoms with E-state index in [-0.39, 0.29) is 0 Å². The Morgan fingerprint density at radius 3 is 2.92 bits per heavy atom. The number of piperidine rings is 1. The number of aryl methyl sites for hydroxylation is 2. The zero-order valence-corrected chi connectivity index (χ0v) is 15.8. The molecule has 8 heteroatoms. The van der Waals surface area contributed by atoms with Crippen LogP contribution in [-0.2, 0) is 7.05 Å². The maximum absolute atomic E-state index is 5.29. The summed E-state index contributed by atoms with van der Waals surface area (Å²) in [7, 11) is 6.31. The molecular formula is C18H25N7O. The number of hydrogen-bond donors (Lipinski definition) is 0. The van der Waals surface area contributed by atoms with Gasteiger partial charge in [-0.05, 0) is 45.3 Å². The lowest BCUT2D eigenvalue weighted by Crippen LogP contribution is -2.42. The summed E-state index contributed by atoms with van der Waals surface area (Å²) < 4.78 is 7.29. The van der Waals surface area contributed by atoms with E-state index in [2.05, 4.69) is 50.2 Å². The van der Waals surface area contributed by atoms with E-state index >= 15 is 0 Å². The Morgan fingerprint density at radius 1 is 1.31 bits per heavy atom. The first-order chi connectivity index (χ1) is 12.6. The smallest absolute Gasteiger partial charge is 0.263 e. The highest BCUT2D eigenvalue weighted by Crippen LogP contribution is 2.36. The van der Waals surface area contributed by atoms with Crippen molar-refractivity contribution in [1.29, 1.82) is 0 Å². The molecule has 1 aliphatic rings. The highest BCUT2D eigenvalue weighted by Gasteiger charge is 2.33. The molecule has 1 aliphatic heterocycles. The zero-order valence-electron chi connectivity index (χ0n) is 15.8. The molecule has 4 heterocycles. The SMILES string of the molecule is Cc1noc2ncnc(N(C)C[C@@H]3CCCN(C)[C@H]3c3ccnn3C)c12. The molecule has 0 aliphatic carbocycles. The average molecular weight is 355 g/mol. The van der Waals surface area contributed by atoms with Crippen molar-refractivity contribution in [1.82, 2.24) is 29.8 Å². The van der Waals surface area contributed by atoms with Crippen molar-refractivity contribution < 1.29 is 4.52 Å². The quantitative estimate of drug-likeness (QED) is 0.710. The Kier molecular flexibility index (Phi) is 4.36. The number of anilines is 1. The Balaban J connectivity index is 1.64. The van der Waals surface area contributed by atoms with Gasteiger partial charge in [0, 0.05) is 26.8 Å². The Morgan fingerprint density at radius 2 is 2.15 bits per heavy atom. The molecule has 26 heavy (non-hydrogen) atoms. The van der Waals surface area contributed by atoms with Gasteiger partial charge in [-0.3, -0.25) is 9.58 Å². The fourth-order valence-corrected chi connectivity index (χ4v) is 4.22. The summed E-state index contributed by atoms with van der Waals surface area (Å²) >= 11 is 0. The van der Waals surface area contributed by atoms with Crippen LogP contribution in [0.2, 0.25) is 0 Å². The Labute approximate surface area is 152 Å². The van der Waals surface area contributed by atoms with Crippen LogP contribution in [0.4, 0.5) is 5.82 Å². The van der Waals surface area contributed by atoms with Gasteiger partial charge in [-0.1, -0.05) is 5.16 Å². The molecule has 0 radical (unpaired) electrons. The fraction of sp³-hybridized carbons (Fsp3) is 0.556. The van der Waals surface area contributed by atoms with Crippen molar-refractivity contribution in [3.8, 4) is 0 Å². The minimum absolute atomic E-state index is 0.347. The minimum Gasteiger partial charge on any atom is -0.359 e. The third-order valence-corrected chi connectivity index (χ3v) is 5.46. The van der Waals surface area contributed by atoms with Gasteiger partial charge >= 0.3 is 0 Å². The van der Waals surface area contributed by atoms with Gasteiger partial charge in [-0.25, -0.2) is 4.98 Å². The van der Waals surface area contributed by atoms with E-state index in [1.807, 2.05) is 24.9 Å². The van der Waals surface area contributed by atoms with Crippen molar-refractivity contribution in [2.75, 3.05) is 32.1 Å². The molecule has 0 bridgehead atoms. The molecule has 0 amide bonds. The largest absolute Gasteiger partial charge is 0.359 e. The van der Waals surface area contributed by atoms with E-state index in [0.29, 0.717) is 17.7 Å². The normalized spacial score (nSPS) is 21.4. The third kappa shape index (κ3) is 2.84. The third-order valence-electron chi connectivity index (χ3n) is 5.46. The van der Waals surface area contributed by atoms with Crippen LogP contribution in [0.15, 0.2) is 23.1 Å². The predicted octanol–water partition coefficient (Wildman–Crippen LogP) is 2.18. The molecule has 0 aromatic carbocycles. The molecule has 3 aromatic rings. The van der Waals surface area contributed by atoms with Crippen LogP contribution in [-0.4, -0.2) is 57.0 Å². The monoisotopic (exact) mass is 355 g/mol. The second kappa shape index (κ2) is 6.68. The average Bonchev–Trinajstić information content (AvgIpc) is 3.21. The molecule has 1 fully saturated rings. The van der Waals surface area contributed by atoms with Crippen LogP contribution < -0.4 is 4.90 Å². The lowest BCUT2D eigenvalue weighted by molar-refractivity contribution is 0.118. The molecule has 1 saturated heterocycles. The van der Waals surface area contributed by atoms with E-state index in [9.17, 15) is 0 Å². The van der Waals surface area contributed by atoms with Crippen LogP contribution in [0.25, 0.3) is 11.1 Å². The number of aromatic nitrogens is 5. The predicted molar refractivity (Wildman–Crippen MR) is 98.9 cm³/mol. The van der Waals surface area contributed by atoms with E-state index in [1.54, 1.807) is 6.33 Å². The summed E-state index contributed by atoms with van der Waals surface area (Å²) in [6.45, 7) is 3.94. The van der Waals surface area contributed by atoms with E-state index in [4.69, 9.17) is 4.52 Å². The van der Waals surface area contributed by atoms with Gasteiger partial charge in [-0.2, -0.15) is 10.1 Å². The zero-order chi connectivity index (χ0) is 18.3. The molecule has 8 nitrogen and oxygen atoms in total. The molecule has 0 unspecified atom stereocenters. The second-order valence-electron chi connectivity index (χ2n) is 7.23. The van der Waals surface area contributed by atoms with E-state index in [0.717, 1.165) is 30.0 Å². The van der Waals surface area contributed by atoms with Gasteiger partial charge in [-0.15, -0.1) is 0 Å². The molecular weight excluding hydrogens is 330 g/mol. The van der Waals surface area contributed by atoms with Crippen molar-refractivity contribution >= 4 is 16.9 Å². The summed E-state index contributed by atoms with van der Waals surface area (Å²) in [4.78, 5) is 13.4. The minimum atomic E-state index is 0.347. The Hall–Kier alpha value is -2.48. The molecule has 0 N–H and O–H groups in total. The van der Waals surface area contributed by atoms with E-state index in [1.165, 1.54) is 18.5 Å². The van der Waals surface area contributed by atoms with Gasteiger partial charge in [0.1, 0.15) is 17.5 Å². The first kappa shape index (κ1) is 17.0. The van der Waals surface area contributed by atoms with Crippen LogP contribution >= 0.6 is 0 Å². The molecule has 2 atom stereocenters. The molecule has 4 rings (SSSR count). The van der Waals surface area contributed by atoms with Crippen LogP contribution in [0.5, 0.6) is 0 Å². The molecule has 138 valence electrons. The van der Waals surface area contributed by atoms with Crippen LogP contribution in [0, 0.1) is 12.8 Å². The lowest BCUT2D eigenvalue weighted by Gasteiger charge is -2.41. The molecule has 0 saturated carbocycles. The summed E-state index contributed by atoms with van der Waals surface area (Å²) in [6.07, 6.45) is 5.81. The van der Waals surface area contributed by atoms with Crippen LogP contribution in [0.1, 0.15) is 30.3 Å². The maximum atomic E-state index is 5.29. The maximum Gasteiger partial charge on any atom is 0.263 e. The fourth-order valence-electron chi connectivity index (χ4n) is 4.22. The topological polar surface area (TPSA) is 76.1 Å². The Bertz CT molecular complexity index is 902. The summed E-state index contributed by atoms with van der Waals surface area (Å²) in [5, 5.41) is 9.32. The van der Waals surface area contributed by atoms with Crippen LogP contribution in [0.3, 0.4) is 0 Å². The first-order valence-electron chi connectivity index (χ1n) is 9.02. The number of hydrogen-bond acceptors (Lipinski definition) is 7. The van der Waals surface area contributed by atoms with Gasteiger partial charge < -0.3 is 9.42 Å². The van der Waals surface area contributed by atoms with E-state index < -0.39 is 0 Å². The summed E-state index contributed by atoms with van der Waals surface area (Å²) in [6, 6.07) is 2.48. The number of nitrogens with zero attached hydrogens (tertiary/aromatic N) is 7. The van der Waals surface area contributed by atoms with Crippen molar-refractivity contribution in [2.45, 2.75) is 25.8 Å². The standard InChI is InChI=1S/C18H25N7O/c1-12-15-17(19-11-20-18(15)26-22-12)24(3)10-13-6-5-9-23(2)16(13)14-7-8-21-25(14)4/h7-8,11,13,16H,5-6,9-10H2,1-4H3/t13-,16+/m0/s1. The summed E-state index contributed by atoms with van der Waals surface area (Å²) in [5.74, 6) is 1.37. The highest BCUT2D eigenvalue weighted by molar-refractivity contribution is 5.87. The number of likely N-dealkylation sites (tertiary alicyclic amines) is 1. The molecule has 0 spiro atoms. The van der Waals surface area contributed by atoms with Gasteiger partial charge in [0.15, 0.2) is 0 Å². The van der Waals surface area contributed by atoms with Crippen molar-refractivity contribution in [2.24, 2.45) is 13.0 Å². The summed E-state index contributed by atoms with van der Waals surface area (Å²) in [5.41, 5.74) is 2.63. The van der Waals surface area contributed by atoms with Crippen molar-refractivity contribution in [3.05, 3.63) is 30.0 Å². The van der Waals surface area contributed by atoms with Gasteiger partial charge in [0.25, 0.3) is 5.71 Å². The molecule has 3 aromatic heterocycles. The number of fused-ring (bicyclic) bond motifs is 1. The lowest BCUT2D eigenvalue weighted by atomic mass is 9.87. The van der Waals surface area contributed by atoms with Gasteiger partial charge in [0.2, 0.25) is 0 Å². The van der Waals surface area contributed by atoms with Gasteiger partial charge in [0.05, 0.1) is 17.4 Å².